The first-order valence-electron chi connectivity index (χ1n) is 2.04. The van der Waals surface area contributed by atoms with Gasteiger partial charge in [0.2, 0.25) is 0 Å². The molecule has 1 aromatic carbocycles. The molecule has 0 aromatic heterocycles. The zero-order chi connectivity index (χ0) is 5.11. The summed E-state index contributed by atoms with van der Waals surface area (Å²) in [5.74, 6) is 0. The van der Waals surface area contributed by atoms with Crippen LogP contribution in [0.2, 0.25) is 0 Å². The van der Waals surface area contributed by atoms with Crippen molar-refractivity contribution < 1.29 is 12.4 Å². The van der Waals surface area contributed by atoms with Gasteiger partial charge in [0.15, 0.2) is 0 Å². The number of hydrogen-bond acceptors (Lipinski definition) is 1. The van der Waals surface area contributed by atoms with Crippen molar-refractivity contribution in [1.29, 1.82) is 0 Å². The molecular weight excluding hydrogens is 164 g/mol. The number of benzene rings is 1. The van der Waals surface area contributed by atoms with Gasteiger partial charge in [-0.2, -0.15) is 43.0 Å². The van der Waals surface area contributed by atoms with E-state index in [9.17, 15) is 0 Å². The van der Waals surface area contributed by atoms with E-state index in [-0.39, 0.29) is 35.5 Å². The molecule has 0 radical (unpaired) electrons. The van der Waals surface area contributed by atoms with E-state index in [1.807, 2.05) is 24.3 Å². The van der Waals surface area contributed by atoms with Crippen LogP contribution in [0.1, 0.15) is 0 Å². The first-order chi connectivity index (χ1) is 3.39. The molecule has 0 spiro atoms. The minimum atomic E-state index is 0. The Morgan fingerprint density at radius 2 is 1.67 bits per heavy atom. The molecule has 0 nitrogen and oxygen atoms in total. The smallest absolute Gasteiger partial charge is 1.00 e. The molecule has 0 bridgehead atoms. The molecular formula is C6H5ClMgS. The quantitative estimate of drug-likeness (QED) is 0.270. The molecule has 0 saturated carbocycles. The molecule has 0 fully saturated rings. The predicted octanol–water partition coefficient (Wildman–Crippen LogP) is -1.60. The molecule has 3 heteroatoms. The van der Waals surface area contributed by atoms with Crippen molar-refractivity contribution in [2.24, 2.45) is 0 Å². The Hall–Kier alpha value is 0.626. The van der Waals surface area contributed by atoms with E-state index in [2.05, 4.69) is 18.7 Å². The van der Waals surface area contributed by atoms with Crippen LogP contribution in [0, 0.1) is 6.07 Å². The van der Waals surface area contributed by atoms with Crippen LogP contribution in [-0.4, -0.2) is 23.1 Å². The van der Waals surface area contributed by atoms with Gasteiger partial charge in [-0.25, -0.2) is 0 Å². The Morgan fingerprint density at radius 3 is 1.89 bits per heavy atom. The summed E-state index contributed by atoms with van der Waals surface area (Å²) in [6.45, 7) is 0. The van der Waals surface area contributed by atoms with Gasteiger partial charge in [-0.05, 0) is 0 Å². The van der Waals surface area contributed by atoms with Crippen molar-refractivity contribution in [3.05, 3.63) is 30.3 Å². The third-order valence-electron chi connectivity index (χ3n) is 0.701. The second-order valence-corrected chi connectivity index (χ2v) is 1.77. The first kappa shape index (κ1) is 12.3. The van der Waals surface area contributed by atoms with Crippen molar-refractivity contribution in [3.63, 3.8) is 0 Å². The van der Waals surface area contributed by atoms with Crippen LogP contribution in [0.25, 0.3) is 0 Å². The molecule has 0 aliphatic rings. The minimum absolute atomic E-state index is 0. The minimum Gasteiger partial charge on any atom is -1.00 e. The van der Waals surface area contributed by atoms with Gasteiger partial charge in [-0.3, -0.25) is 0 Å². The Balaban J connectivity index is 0. The van der Waals surface area contributed by atoms with Gasteiger partial charge >= 0.3 is 23.1 Å². The monoisotopic (exact) mass is 168 g/mol. The third-order valence-corrected chi connectivity index (χ3v) is 0.999. The van der Waals surface area contributed by atoms with Gasteiger partial charge in [0.25, 0.3) is 0 Å². The zero-order valence-electron chi connectivity index (χ0n) is 4.84. The predicted molar refractivity (Wildman–Crippen MR) is 38.3 cm³/mol. The topological polar surface area (TPSA) is 0 Å². The second kappa shape index (κ2) is 6.74. The first-order valence-corrected chi connectivity index (χ1v) is 2.49. The van der Waals surface area contributed by atoms with E-state index >= 15 is 0 Å². The van der Waals surface area contributed by atoms with E-state index < -0.39 is 0 Å². The SMILES string of the molecule is Sc1cc[c-]cc1.[Cl-].[Mg+2]. The molecule has 0 aliphatic heterocycles. The van der Waals surface area contributed by atoms with Gasteiger partial charge in [0.1, 0.15) is 0 Å². The second-order valence-electron chi connectivity index (χ2n) is 1.26. The Kier molecular flexibility index (Phi) is 9.23. The Bertz CT molecular complexity index is 143. The number of halogens is 1. The molecule has 0 saturated heterocycles. The summed E-state index contributed by atoms with van der Waals surface area (Å²) in [5.41, 5.74) is 0. The third kappa shape index (κ3) is 5.09. The van der Waals surface area contributed by atoms with Gasteiger partial charge in [-0.1, -0.05) is 0 Å². The van der Waals surface area contributed by atoms with Crippen molar-refractivity contribution in [2.45, 2.75) is 4.90 Å². The molecule has 44 valence electrons. The fourth-order valence-corrected chi connectivity index (χ4v) is 0.527. The maximum Gasteiger partial charge on any atom is 2.00 e. The van der Waals surface area contributed by atoms with Gasteiger partial charge in [0.05, 0.1) is 0 Å². The standard InChI is InChI=1S/C6H5S.ClH.Mg/c7-6-4-2-1-3-5-6;;/h2-5,7H;1H;/q-1;;+2/p-1. The average Bonchev–Trinajstić information content (AvgIpc) is 1.69. The van der Waals surface area contributed by atoms with Crippen LogP contribution in [0.4, 0.5) is 0 Å². The molecule has 0 amide bonds. The normalized spacial score (nSPS) is 6.78. The van der Waals surface area contributed by atoms with Crippen molar-refractivity contribution in [3.8, 4) is 0 Å². The maximum absolute atomic E-state index is 4.06. The molecule has 0 atom stereocenters. The molecule has 0 unspecified atom stereocenters. The summed E-state index contributed by atoms with van der Waals surface area (Å²) in [6, 6.07) is 10.3. The van der Waals surface area contributed by atoms with Gasteiger partial charge < -0.3 is 12.4 Å². The van der Waals surface area contributed by atoms with Crippen molar-refractivity contribution in [2.75, 3.05) is 0 Å². The summed E-state index contributed by atoms with van der Waals surface area (Å²) in [4.78, 5) is 0.985. The molecule has 0 N–H and O–H groups in total. The largest absolute Gasteiger partial charge is 2.00 e. The molecule has 0 aliphatic carbocycles. The van der Waals surface area contributed by atoms with Crippen LogP contribution in [0.15, 0.2) is 29.2 Å². The summed E-state index contributed by atoms with van der Waals surface area (Å²) >= 11 is 4.06. The van der Waals surface area contributed by atoms with Crippen LogP contribution in [0.5, 0.6) is 0 Å². The summed E-state index contributed by atoms with van der Waals surface area (Å²) in [7, 11) is 0. The van der Waals surface area contributed by atoms with E-state index in [4.69, 9.17) is 0 Å². The van der Waals surface area contributed by atoms with Crippen molar-refractivity contribution in [1.82, 2.24) is 0 Å². The molecule has 1 aromatic rings. The number of rotatable bonds is 0. The Morgan fingerprint density at radius 1 is 1.22 bits per heavy atom. The van der Waals surface area contributed by atoms with Crippen LogP contribution in [-0.2, 0) is 0 Å². The van der Waals surface area contributed by atoms with Crippen LogP contribution >= 0.6 is 12.6 Å². The Labute approximate surface area is 83.0 Å². The molecule has 0 heterocycles. The summed E-state index contributed by atoms with van der Waals surface area (Å²) in [6.07, 6.45) is 0. The van der Waals surface area contributed by atoms with E-state index in [1.165, 1.54) is 0 Å². The average molecular weight is 169 g/mol. The zero-order valence-corrected chi connectivity index (χ0v) is 7.91. The fraction of sp³-hybridized carbons (Fsp3) is 0. The van der Waals surface area contributed by atoms with Gasteiger partial charge in [0, 0.05) is 0 Å². The van der Waals surface area contributed by atoms with E-state index in [0.717, 1.165) is 4.90 Å². The van der Waals surface area contributed by atoms with Crippen LogP contribution in [0.3, 0.4) is 0 Å². The maximum atomic E-state index is 4.06. The fourth-order valence-electron chi connectivity index (χ4n) is 0.378. The van der Waals surface area contributed by atoms with Crippen LogP contribution < -0.4 is 12.4 Å². The van der Waals surface area contributed by atoms with Gasteiger partial charge in [-0.15, -0.1) is 4.90 Å². The summed E-state index contributed by atoms with van der Waals surface area (Å²) in [5, 5.41) is 0. The van der Waals surface area contributed by atoms with E-state index in [1.54, 1.807) is 0 Å². The van der Waals surface area contributed by atoms with Crippen molar-refractivity contribution >= 4 is 35.7 Å². The van der Waals surface area contributed by atoms with E-state index in [0.29, 0.717) is 0 Å². The molecule has 9 heavy (non-hydrogen) atoms. The molecule has 1 rings (SSSR count). The number of hydrogen-bond donors (Lipinski definition) is 1. The number of thiol groups is 1. The summed E-state index contributed by atoms with van der Waals surface area (Å²) < 4.78 is 0.